The molecule has 4 nitrogen and oxygen atoms in total. The number of hydrogen-bond acceptors (Lipinski definition) is 3. The molecule has 0 saturated carbocycles. The molecule has 1 aromatic carbocycles. The van der Waals surface area contributed by atoms with Crippen LogP contribution < -0.4 is 10.0 Å². The van der Waals surface area contributed by atoms with Gasteiger partial charge >= 0.3 is 6.18 Å². The minimum atomic E-state index is -4.94. The van der Waals surface area contributed by atoms with Gasteiger partial charge in [-0.1, -0.05) is 0 Å². The van der Waals surface area contributed by atoms with Gasteiger partial charge in [0.15, 0.2) is 0 Å². The summed E-state index contributed by atoms with van der Waals surface area (Å²) in [5.74, 6) is -1.14. The molecule has 1 saturated heterocycles. The Labute approximate surface area is 125 Å². The molecule has 1 aliphatic rings. The molecule has 0 aliphatic carbocycles. The molecule has 0 radical (unpaired) electrons. The molecule has 2 rings (SSSR count). The molecular formula is C11H13ClF4N2O2S. The van der Waals surface area contributed by atoms with Gasteiger partial charge in [-0.2, -0.15) is 13.2 Å². The van der Waals surface area contributed by atoms with Crippen LogP contribution in [0.25, 0.3) is 0 Å². The van der Waals surface area contributed by atoms with E-state index >= 15 is 0 Å². The first-order valence-corrected chi connectivity index (χ1v) is 7.28. The van der Waals surface area contributed by atoms with Crippen molar-refractivity contribution in [3.63, 3.8) is 0 Å². The van der Waals surface area contributed by atoms with Gasteiger partial charge in [0.2, 0.25) is 10.0 Å². The number of alkyl halides is 3. The molecule has 21 heavy (non-hydrogen) atoms. The molecule has 0 aromatic heterocycles. The van der Waals surface area contributed by atoms with Crippen LogP contribution in [0.3, 0.4) is 0 Å². The quantitative estimate of drug-likeness (QED) is 0.820. The highest BCUT2D eigenvalue weighted by Crippen LogP contribution is 2.34. The third-order valence-electron chi connectivity index (χ3n) is 2.92. The van der Waals surface area contributed by atoms with Crippen LogP contribution in [0.5, 0.6) is 0 Å². The zero-order valence-corrected chi connectivity index (χ0v) is 12.2. The van der Waals surface area contributed by atoms with Gasteiger partial charge in [0.1, 0.15) is 5.82 Å². The SMILES string of the molecule is Cl.O=S(=O)(NC1CCNC1)c1ccc(F)cc1C(F)(F)F. The van der Waals surface area contributed by atoms with Gasteiger partial charge in [-0.15, -0.1) is 12.4 Å². The summed E-state index contributed by atoms with van der Waals surface area (Å²) in [4.78, 5) is -0.960. The Balaban J connectivity index is 0.00000220. The van der Waals surface area contributed by atoms with E-state index in [9.17, 15) is 26.0 Å². The zero-order chi connectivity index (χ0) is 15.0. The lowest BCUT2D eigenvalue weighted by Gasteiger charge is -2.16. The van der Waals surface area contributed by atoms with Crippen molar-refractivity contribution in [2.45, 2.75) is 23.5 Å². The average molecular weight is 349 g/mol. The molecule has 0 spiro atoms. The van der Waals surface area contributed by atoms with Crippen molar-refractivity contribution in [1.29, 1.82) is 0 Å². The largest absolute Gasteiger partial charge is 0.417 e. The molecule has 0 amide bonds. The van der Waals surface area contributed by atoms with Crippen molar-refractivity contribution in [3.05, 3.63) is 29.6 Å². The van der Waals surface area contributed by atoms with Gasteiger partial charge in [-0.25, -0.2) is 17.5 Å². The van der Waals surface area contributed by atoms with E-state index < -0.39 is 38.5 Å². The maximum atomic E-state index is 12.9. The zero-order valence-electron chi connectivity index (χ0n) is 10.6. The molecule has 10 heteroatoms. The molecule has 1 heterocycles. The Morgan fingerprint density at radius 3 is 2.48 bits per heavy atom. The summed E-state index contributed by atoms with van der Waals surface area (Å²) >= 11 is 0. The lowest BCUT2D eigenvalue weighted by molar-refractivity contribution is -0.140. The van der Waals surface area contributed by atoms with E-state index in [2.05, 4.69) is 10.0 Å². The summed E-state index contributed by atoms with van der Waals surface area (Å²) in [7, 11) is -4.35. The predicted octanol–water partition coefficient (Wildman–Crippen LogP) is 1.91. The number of nitrogens with one attached hydrogen (secondary N) is 2. The summed E-state index contributed by atoms with van der Waals surface area (Å²) in [6, 6.07) is 1.03. The molecule has 120 valence electrons. The van der Waals surface area contributed by atoms with E-state index in [1.54, 1.807) is 0 Å². The lowest BCUT2D eigenvalue weighted by Crippen LogP contribution is -2.37. The first-order chi connectivity index (χ1) is 9.20. The summed E-state index contributed by atoms with van der Waals surface area (Å²) < 4.78 is 77.6. The van der Waals surface area contributed by atoms with Crippen LogP contribution in [0, 0.1) is 5.82 Å². The van der Waals surface area contributed by atoms with Crippen LogP contribution in [0.4, 0.5) is 17.6 Å². The fourth-order valence-electron chi connectivity index (χ4n) is 2.00. The number of rotatable bonds is 3. The molecule has 1 fully saturated rings. The summed E-state index contributed by atoms with van der Waals surface area (Å²) in [6.45, 7) is 0.935. The first-order valence-electron chi connectivity index (χ1n) is 5.80. The van der Waals surface area contributed by atoms with Crippen LogP contribution in [0.1, 0.15) is 12.0 Å². The molecule has 1 unspecified atom stereocenters. The van der Waals surface area contributed by atoms with E-state index in [-0.39, 0.29) is 18.5 Å². The Morgan fingerprint density at radius 1 is 1.29 bits per heavy atom. The highest BCUT2D eigenvalue weighted by Gasteiger charge is 2.38. The maximum Gasteiger partial charge on any atom is 0.417 e. The van der Waals surface area contributed by atoms with Crippen molar-refractivity contribution >= 4 is 22.4 Å². The van der Waals surface area contributed by atoms with E-state index in [0.717, 1.165) is 0 Å². The van der Waals surface area contributed by atoms with Crippen LogP contribution in [0.2, 0.25) is 0 Å². The third-order valence-corrected chi connectivity index (χ3v) is 4.50. The maximum absolute atomic E-state index is 12.9. The smallest absolute Gasteiger partial charge is 0.315 e. The van der Waals surface area contributed by atoms with Gasteiger partial charge in [0.05, 0.1) is 10.5 Å². The topological polar surface area (TPSA) is 58.2 Å². The fraction of sp³-hybridized carbons (Fsp3) is 0.455. The van der Waals surface area contributed by atoms with Crippen molar-refractivity contribution in [1.82, 2.24) is 10.0 Å². The third kappa shape index (κ3) is 4.29. The van der Waals surface area contributed by atoms with Gasteiger partial charge in [0.25, 0.3) is 0 Å². The van der Waals surface area contributed by atoms with Crippen molar-refractivity contribution in [3.8, 4) is 0 Å². The van der Waals surface area contributed by atoms with Crippen LogP contribution >= 0.6 is 12.4 Å². The van der Waals surface area contributed by atoms with E-state index in [1.165, 1.54) is 0 Å². The highest BCUT2D eigenvalue weighted by atomic mass is 35.5. The molecule has 0 bridgehead atoms. The van der Waals surface area contributed by atoms with Gasteiger partial charge in [-0.05, 0) is 31.2 Å². The summed E-state index contributed by atoms with van der Waals surface area (Å²) in [6.07, 6.45) is -4.46. The van der Waals surface area contributed by atoms with E-state index in [0.29, 0.717) is 31.6 Å². The van der Waals surface area contributed by atoms with Crippen molar-refractivity contribution < 1.29 is 26.0 Å². The van der Waals surface area contributed by atoms with Gasteiger partial charge in [-0.3, -0.25) is 0 Å². The number of benzene rings is 1. The minimum Gasteiger partial charge on any atom is -0.315 e. The van der Waals surface area contributed by atoms with Crippen LogP contribution in [-0.4, -0.2) is 27.5 Å². The molecule has 1 aromatic rings. The number of halogens is 5. The normalized spacial score (nSPS) is 19.3. The van der Waals surface area contributed by atoms with Gasteiger partial charge in [0, 0.05) is 12.6 Å². The predicted molar refractivity (Wildman–Crippen MR) is 70.2 cm³/mol. The second-order valence-corrected chi connectivity index (χ2v) is 6.13. The lowest BCUT2D eigenvalue weighted by atomic mass is 10.2. The van der Waals surface area contributed by atoms with Gasteiger partial charge < -0.3 is 5.32 Å². The average Bonchev–Trinajstić information content (AvgIpc) is 2.79. The minimum absolute atomic E-state index is 0. The standard InChI is InChI=1S/C11H12F4N2O2S.ClH/c12-7-1-2-10(9(5-7)11(13,14)15)20(18,19)17-8-3-4-16-6-8;/h1-2,5,8,16-17H,3-4,6H2;1H. The molecule has 1 atom stereocenters. The number of sulfonamides is 1. The Hall–Kier alpha value is -0.900. The van der Waals surface area contributed by atoms with Crippen LogP contribution in [0.15, 0.2) is 23.1 Å². The summed E-state index contributed by atoms with van der Waals surface area (Å²) in [5, 5.41) is 2.89. The van der Waals surface area contributed by atoms with Crippen LogP contribution in [-0.2, 0) is 16.2 Å². The first kappa shape index (κ1) is 18.1. The summed E-state index contributed by atoms with van der Waals surface area (Å²) in [5.41, 5.74) is -1.50. The second kappa shape index (κ2) is 6.47. The molecule has 1 aliphatic heterocycles. The Bertz CT molecular complexity index is 601. The van der Waals surface area contributed by atoms with Crippen molar-refractivity contribution in [2.75, 3.05) is 13.1 Å². The second-order valence-electron chi connectivity index (χ2n) is 4.45. The fourth-order valence-corrected chi connectivity index (χ4v) is 3.47. The number of hydrogen-bond donors (Lipinski definition) is 2. The van der Waals surface area contributed by atoms with E-state index in [4.69, 9.17) is 0 Å². The highest BCUT2D eigenvalue weighted by molar-refractivity contribution is 7.89. The van der Waals surface area contributed by atoms with Crippen molar-refractivity contribution in [2.24, 2.45) is 0 Å². The Morgan fingerprint density at radius 2 is 1.95 bits per heavy atom. The monoisotopic (exact) mass is 348 g/mol. The van der Waals surface area contributed by atoms with E-state index in [1.807, 2.05) is 0 Å². The Kier molecular flexibility index (Phi) is 5.59. The molecular weight excluding hydrogens is 336 g/mol. The molecule has 2 N–H and O–H groups in total.